The molecular formula is C12H11BrOS2. The lowest BCUT2D eigenvalue weighted by Gasteiger charge is -1.91. The summed E-state index contributed by atoms with van der Waals surface area (Å²) in [6.45, 7) is 6.09. The van der Waals surface area contributed by atoms with Crippen molar-refractivity contribution in [1.29, 1.82) is 0 Å². The zero-order valence-electron chi connectivity index (χ0n) is 9.26. The number of hydrogen-bond donors (Lipinski definition) is 0. The summed E-state index contributed by atoms with van der Waals surface area (Å²) in [5, 5.41) is 0. The summed E-state index contributed by atoms with van der Waals surface area (Å²) in [6, 6.07) is 3.92. The summed E-state index contributed by atoms with van der Waals surface area (Å²) < 4.78 is 1.04. The maximum atomic E-state index is 12.2. The van der Waals surface area contributed by atoms with Crippen LogP contribution in [0.25, 0.3) is 0 Å². The Morgan fingerprint density at radius 3 is 2.06 bits per heavy atom. The molecule has 0 fully saturated rings. The van der Waals surface area contributed by atoms with Crippen LogP contribution >= 0.6 is 38.6 Å². The van der Waals surface area contributed by atoms with Gasteiger partial charge >= 0.3 is 0 Å². The minimum atomic E-state index is 0.139. The van der Waals surface area contributed by atoms with Gasteiger partial charge in [0.15, 0.2) is 0 Å². The predicted molar refractivity (Wildman–Crippen MR) is 74.0 cm³/mol. The normalized spacial score (nSPS) is 10.8. The third-order valence-electron chi connectivity index (χ3n) is 2.47. The fraction of sp³-hybridized carbons (Fsp3) is 0.250. The summed E-state index contributed by atoms with van der Waals surface area (Å²) in [5.41, 5.74) is 2.32. The second kappa shape index (κ2) is 4.43. The van der Waals surface area contributed by atoms with E-state index < -0.39 is 0 Å². The van der Waals surface area contributed by atoms with Crippen LogP contribution in [0.3, 0.4) is 0 Å². The smallest absolute Gasteiger partial charge is 0.212 e. The van der Waals surface area contributed by atoms with Gasteiger partial charge in [-0.25, -0.2) is 0 Å². The molecule has 2 heterocycles. The predicted octanol–water partition coefficient (Wildman–Crippen LogP) is 4.73. The number of rotatable bonds is 2. The first-order valence-electron chi connectivity index (χ1n) is 4.86. The molecule has 0 aromatic carbocycles. The van der Waals surface area contributed by atoms with Gasteiger partial charge in [0.2, 0.25) is 5.78 Å². The first-order chi connectivity index (χ1) is 7.49. The molecule has 0 aliphatic rings. The number of carbonyl (C=O) groups excluding carboxylic acids is 1. The molecule has 0 atom stereocenters. The van der Waals surface area contributed by atoms with E-state index in [1.54, 1.807) is 11.3 Å². The van der Waals surface area contributed by atoms with Crippen molar-refractivity contribution in [3.8, 4) is 0 Å². The number of aryl methyl sites for hydroxylation is 3. The molecule has 2 rings (SSSR count). The van der Waals surface area contributed by atoms with Crippen LogP contribution in [0.5, 0.6) is 0 Å². The van der Waals surface area contributed by atoms with E-state index in [1.165, 1.54) is 21.8 Å². The summed E-state index contributed by atoms with van der Waals surface area (Å²) in [5.74, 6) is 0.139. The van der Waals surface area contributed by atoms with Crippen LogP contribution in [-0.4, -0.2) is 5.78 Å². The molecule has 1 nitrogen and oxygen atoms in total. The molecule has 84 valence electrons. The first kappa shape index (κ1) is 12.0. The fourth-order valence-electron chi connectivity index (χ4n) is 1.38. The average molecular weight is 315 g/mol. The van der Waals surface area contributed by atoms with Gasteiger partial charge in [-0.1, -0.05) is 0 Å². The van der Waals surface area contributed by atoms with Gasteiger partial charge in [0.1, 0.15) is 0 Å². The lowest BCUT2D eigenvalue weighted by atomic mass is 10.2. The molecule has 0 saturated carbocycles. The fourth-order valence-corrected chi connectivity index (χ4v) is 3.92. The lowest BCUT2D eigenvalue weighted by molar-refractivity contribution is 0.104. The minimum Gasteiger partial charge on any atom is -0.287 e. The van der Waals surface area contributed by atoms with Crippen LogP contribution in [-0.2, 0) is 0 Å². The van der Waals surface area contributed by atoms with Crippen LogP contribution in [0.1, 0.15) is 30.6 Å². The quantitative estimate of drug-likeness (QED) is 0.732. The van der Waals surface area contributed by atoms with Crippen LogP contribution in [0.15, 0.2) is 15.9 Å². The van der Waals surface area contributed by atoms with Crippen molar-refractivity contribution in [2.24, 2.45) is 0 Å². The minimum absolute atomic E-state index is 0.139. The Morgan fingerprint density at radius 1 is 1.06 bits per heavy atom. The van der Waals surface area contributed by atoms with Crippen LogP contribution in [0.4, 0.5) is 0 Å². The highest BCUT2D eigenvalue weighted by atomic mass is 79.9. The standard InChI is InChI=1S/C12H11BrOS2/c1-6-4-9(15-8(6)3)11(14)10-5-7(2)12(13)16-10/h4-5H,1-3H3. The topological polar surface area (TPSA) is 17.1 Å². The van der Waals surface area contributed by atoms with E-state index >= 15 is 0 Å². The molecule has 0 saturated heterocycles. The van der Waals surface area contributed by atoms with Crippen LogP contribution in [0.2, 0.25) is 0 Å². The number of hydrogen-bond acceptors (Lipinski definition) is 3. The van der Waals surface area contributed by atoms with E-state index in [4.69, 9.17) is 0 Å². The third-order valence-corrected chi connectivity index (χ3v) is 5.76. The Morgan fingerprint density at radius 2 is 1.62 bits per heavy atom. The molecule has 0 unspecified atom stereocenters. The summed E-state index contributed by atoms with van der Waals surface area (Å²) >= 11 is 6.53. The van der Waals surface area contributed by atoms with Crippen molar-refractivity contribution in [2.75, 3.05) is 0 Å². The van der Waals surface area contributed by atoms with E-state index in [9.17, 15) is 4.79 Å². The van der Waals surface area contributed by atoms with Gasteiger partial charge in [0.25, 0.3) is 0 Å². The van der Waals surface area contributed by atoms with Crippen molar-refractivity contribution in [3.63, 3.8) is 0 Å². The molecule has 0 radical (unpaired) electrons. The Labute approximate surface area is 111 Å². The third kappa shape index (κ3) is 2.14. The number of carbonyl (C=O) groups is 1. The van der Waals surface area contributed by atoms with Crippen LogP contribution < -0.4 is 0 Å². The Balaban J connectivity index is 2.38. The van der Waals surface area contributed by atoms with Gasteiger partial charge in [0.05, 0.1) is 13.5 Å². The van der Waals surface area contributed by atoms with Gasteiger partial charge in [-0.05, 0) is 60.0 Å². The average Bonchev–Trinajstić information content (AvgIpc) is 2.72. The molecule has 0 aliphatic heterocycles. The Hall–Kier alpha value is -0.450. The lowest BCUT2D eigenvalue weighted by Crippen LogP contribution is -1.94. The second-order valence-corrected chi connectivity index (χ2v) is 7.37. The highest BCUT2D eigenvalue weighted by Gasteiger charge is 2.16. The van der Waals surface area contributed by atoms with Crippen molar-refractivity contribution >= 4 is 44.4 Å². The van der Waals surface area contributed by atoms with Crippen molar-refractivity contribution in [2.45, 2.75) is 20.8 Å². The second-order valence-electron chi connectivity index (χ2n) is 3.75. The number of halogens is 1. The van der Waals surface area contributed by atoms with Gasteiger partial charge in [-0.15, -0.1) is 22.7 Å². The van der Waals surface area contributed by atoms with Gasteiger partial charge in [-0.3, -0.25) is 4.79 Å². The maximum absolute atomic E-state index is 12.2. The molecular weight excluding hydrogens is 304 g/mol. The van der Waals surface area contributed by atoms with Gasteiger partial charge in [0, 0.05) is 4.88 Å². The van der Waals surface area contributed by atoms with Crippen molar-refractivity contribution in [1.82, 2.24) is 0 Å². The summed E-state index contributed by atoms with van der Waals surface area (Å²) in [4.78, 5) is 15.0. The van der Waals surface area contributed by atoms with Crippen LogP contribution in [0, 0.1) is 20.8 Å². The van der Waals surface area contributed by atoms with Gasteiger partial charge < -0.3 is 0 Å². The van der Waals surface area contributed by atoms with Crippen molar-refractivity contribution in [3.05, 3.63) is 41.7 Å². The Bertz CT molecular complexity index is 464. The van der Waals surface area contributed by atoms with E-state index in [-0.39, 0.29) is 5.78 Å². The molecule has 0 N–H and O–H groups in total. The zero-order valence-corrected chi connectivity index (χ0v) is 12.5. The Kier molecular flexibility index (Phi) is 3.33. The zero-order chi connectivity index (χ0) is 11.9. The van der Waals surface area contributed by atoms with Gasteiger partial charge in [-0.2, -0.15) is 0 Å². The molecule has 2 aromatic rings. The number of ketones is 1. The molecule has 0 aliphatic carbocycles. The molecule has 16 heavy (non-hydrogen) atoms. The molecule has 0 amide bonds. The van der Waals surface area contributed by atoms with Crippen molar-refractivity contribution < 1.29 is 4.79 Å². The SMILES string of the molecule is Cc1cc(C(=O)c2cc(C)c(Br)s2)sc1C. The van der Waals surface area contributed by atoms with E-state index in [1.807, 2.05) is 32.9 Å². The monoisotopic (exact) mass is 314 g/mol. The molecule has 2 aromatic heterocycles. The molecule has 0 spiro atoms. The summed E-state index contributed by atoms with van der Waals surface area (Å²) in [7, 11) is 0. The highest BCUT2D eigenvalue weighted by Crippen LogP contribution is 2.31. The molecule has 0 bridgehead atoms. The largest absolute Gasteiger partial charge is 0.287 e. The maximum Gasteiger partial charge on any atom is 0.212 e. The van der Waals surface area contributed by atoms with E-state index in [0.717, 1.165) is 19.1 Å². The molecule has 4 heteroatoms. The van der Waals surface area contributed by atoms with E-state index in [2.05, 4.69) is 15.9 Å². The van der Waals surface area contributed by atoms with E-state index in [0.29, 0.717) is 0 Å². The summed E-state index contributed by atoms with van der Waals surface area (Å²) in [6.07, 6.45) is 0. The number of thiophene rings is 2. The first-order valence-corrected chi connectivity index (χ1v) is 7.29. The highest BCUT2D eigenvalue weighted by molar-refractivity contribution is 9.11.